The van der Waals surface area contributed by atoms with E-state index >= 15 is 0 Å². The maximum atomic E-state index is 12.7. The smallest absolute Gasteiger partial charge is 0.340 e. The summed E-state index contributed by atoms with van der Waals surface area (Å²) >= 11 is 0. The molecule has 29 heavy (non-hydrogen) atoms. The molecule has 1 fully saturated rings. The van der Waals surface area contributed by atoms with E-state index in [-0.39, 0.29) is 23.2 Å². The zero-order valence-corrected chi connectivity index (χ0v) is 16.3. The topological polar surface area (TPSA) is 92.8 Å². The second-order valence-electron chi connectivity index (χ2n) is 6.84. The summed E-state index contributed by atoms with van der Waals surface area (Å²) in [6.45, 7) is 3.46. The number of esters is 1. The molecule has 1 atom stereocenters. The number of amides is 2. The van der Waals surface area contributed by atoms with Crippen LogP contribution in [-0.4, -0.2) is 36.2 Å². The van der Waals surface area contributed by atoms with Crippen LogP contribution in [0.25, 0.3) is 0 Å². The highest BCUT2D eigenvalue weighted by Gasteiger charge is 2.28. The highest BCUT2D eigenvalue weighted by atomic mass is 16.5. The van der Waals surface area contributed by atoms with Gasteiger partial charge in [-0.1, -0.05) is 12.1 Å². The van der Waals surface area contributed by atoms with E-state index in [1.54, 1.807) is 53.4 Å². The van der Waals surface area contributed by atoms with E-state index in [0.29, 0.717) is 29.9 Å². The molecule has 7 heteroatoms. The molecule has 2 aromatic rings. The predicted molar refractivity (Wildman–Crippen MR) is 108 cm³/mol. The Morgan fingerprint density at radius 1 is 1.07 bits per heavy atom. The van der Waals surface area contributed by atoms with E-state index in [4.69, 9.17) is 4.74 Å². The van der Waals surface area contributed by atoms with Crippen molar-refractivity contribution < 1.29 is 23.9 Å². The normalized spacial score (nSPS) is 14.4. The predicted octanol–water partition coefficient (Wildman–Crippen LogP) is 3.20. The summed E-state index contributed by atoms with van der Waals surface area (Å²) < 4.78 is 5.39. The van der Waals surface area contributed by atoms with Gasteiger partial charge in [0.1, 0.15) is 0 Å². The highest BCUT2D eigenvalue weighted by Crippen LogP contribution is 2.26. The quantitative estimate of drug-likeness (QED) is 0.600. The van der Waals surface area contributed by atoms with Crippen molar-refractivity contribution in [1.29, 1.82) is 0 Å². The van der Waals surface area contributed by atoms with Gasteiger partial charge in [-0.05, 0) is 49.7 Å². The number of anilines is 2. The van der Waals surface area contributed by atoms with Crippen molar-refractivity contribution in [3.63, 3.8) is 0 Å². The molecule has 150 valence electrons. The molecule has 1 aliphatic rings. The number of para-hydroxylation sites is 1. The fourth-order valence-corrected chi connectivity index (χ4v) is 3.22. The molecule has 0 radical (unpaired) electrons. The van der Waals surface area contributed by atoms with Gasteiger partial charge in [0, 0.05) is 31.1 Å². The van der Waals surface area contributed by atoms with Gasteiger partial charge in [0.05, 0.1) is 11.3 Å². The molecule has 1 N–H and O–H groups in total. The molecule has 0 aromatic heterocycles. The molecule has 7 nitrogen and oxygen atoms in total. The summed E-state index contributed by atoms with van der Waals surface area (Å²) in [7, 11) is 0. The van der Waals surface area contributed by atoms with E-state index in [9.17, 15) is 19.2 Å². The Bertz CT molecular complexity index is 952. The van der Waals surface area contributed by atoms with Crippen molar-refractivity contribution in [2.45, 2.75) is 32.8 Å². The Kier molecular flexibility index (Phi) is 6.07. The molecular weight excluding hydrogens is 372 g/mol. The van der Waals surface area contributed by atoms with E-state index in [1.165, 1.54) is 13.8 Å². The zero-order chi connectivity index (χ0) is 21.0. The Labute approximate surface area is 168 Å². The number of Topliss-reactive ketones (excluding diaryl/α,β-unsaturated/α-hetero) is 1. The van der Waals surface area contributed by atoms with Crippen LogP contribution < -0.4 is 10.2 Å². The van der Waals surface area contributed by atoms with E-state index < -0.39 is 12.1 Å². The first-order valence-electron chi connectivity index (χ1n) is 9.39. The first-order chi connectivity index (χ1) is 13.9. The number of hydrogen-bond donors (Lipinski definition) is 1. The number of ether oxygens (including phenoxy) is 1. The van der Waals surface area contributed by atoms with Crippen LogP contribution >= 0.6 is 0 Å². The summed E-state index contributed by atoms with van der Waals surface area (Å²) in [5, 5.41) is 2.62. The molecule has 0 unspecified atom stereocenters. The van der Waals surface area contributed by atoms with Crippen LogP contribution in [0.5, 0.6) is 0 Å². The molecule has 0 spiro atoms. The number of nitrogens with one attached hydrogen (secondary N) is 1. The minimum absolute atomic E-state index is 0.0337. The number of hydrogen-bond acceptors (Lipinski definition) is 5. The maximum absolute atomic E-state index is 12.7. The van der Waals surface area contributed by atoms with E-state index in [1.807, 2.05) is 0 Å². The summed E-state index contributed by atoms with van der Waals surface area (Å²) in [4.78, 5) is 50.0. The summed E-state index contributed by atoms with van der Waals surface area (Å²) in [5.74, 6) is -1.26. The Hall–Kier alpha value is -3.48. The second-order valence-corrected chi connectivity index (χ2v) is 6.84. The zero-order valence-electron chi connectivity index (χ0n) is 16.3. The molecule has 1 saturated heterocycles. The van der Waals surface area contributed by atoms with Crippen molar-refractivity contribution in [2.24, 2.45) is 0 Å². The van der Waals surface area contributed by atoms with Gasteiger partial charge in [0.25, 0.3) is 0 Å². The lowest BCUT2D eigenvalue weighted by molar-refractivity contribution is -0.117. The number of carbonyl (C=O) groups excluding carboxylic acids is 4. The van der Waals surface area contributed by atoms with Crippen LogP contribution in [0.1, 0.15) is 47.4 Å². The van der Waals surface area contributed by atoms with E-state index in [0.717, 1.165) is 6.42 Å². The largest absolute Gasteiger partial charge is 0.451 e. The van der Waals surface area contributed by atoms with Crippen molar-refractivity contribution in [3.05, 3.63) is 59.7 Å². The lowest BCUT2D eigenvalue weighted by Gasteiger charge is -2.20. The molecule has 2 aromatic carbocycles. The molecule has 1 heterocycles. The van der Waals surface area contributed by atoms with Crippen LogP contribution in [-0.2, 0) is 14.3 Å². The molecule has 2 amide bonds. The maximum Gasteiger partial charge on any atom is 0.340 e. The molecule has 0 bridgehead atoms. The highest BCUT2D eigenvalue weighted by molar-refractivity contribution is 6.05. The monoisotopic (exact) mass is 394 g/mol. The third-order valence-corrected chi connectivity index (χ3v) is 4.63. The van der Waals surface area contributed by atoms with Gasteiger partial charge in [0.2, 0.25) is 17.6 Å². The van der Waals surface area contributed by atoms with Crippen LogP contribution in [0.15, 0.2) is 48.5 Å². The third-order valence-electron chi connectivity index (χ3n) is 4.63. The second kappa shape index (κ2) is 8.68. The average Bonchev–Trinajstić information content (AvgIpc) is 3.13. The minimum Gasteiger partial charge on any atom is -0.451 e. The van der Waals surface area contributed by atoms with Crippen LogP contribution in [0.3, 0.4) is 0 Å². The van der Waals surface area contributed by atoms with E-state index in [2.05, 4.69) is 5.32 Å². The van der Waals surface area contributed by atoms with Gasteiger partial charge < -0.3 is 15.0 Å². The third kappa shape index (κ3) is 4.68. The van der Waals surface area contributed by atoms with Gasteiger partial charge in [0.15, 0.2) is 6.10 Å². The molecule has 0 saturated carbocycles. The van der Waals surface area contributed by atoms with Gasteiger partial charge in [-0.2, -0.15) is 0 Å². The van der Waals surface area contributed by atoms with Crippen molar-refractivity contribution in [3.8, 4) is 0 Å². The Balaban J connectivity index is 1.71. The molecule has 3 rings (SSSR count). The summed E-state index contributed by atoms with van der Waals surface area (Å²) in [6, 6.07) is 13.1. The van der Waals surface area contributed by atoms with Gasteiger partial charge in [-0.25, -0.2) is 4.79 Å². The standard InChI is InChI=1S/C22H22N2O5/c1-14(21(27)16-9-11-17(12-10-16)23-15(2)25)29-22(28)18-6-3-4-7-19(18)24-13-5-8-20(24)26/h3-4,6-7,9-12,14H,5,8,13H2,1-2H3,(H,23,25)/t14-/m0/s1. The lowest BCUT2D eigenvalue weighted by Crippen LogP contribution is -2.28. The number of nitrogens with zero attached hydrogens (tertiary/aromatic N) is 1. The summed E-state index contributed by atoms with van der Waals surface area (Å²) in [6.07, 6.45) is 0.190. The van der Waals surface area contributed by atoms with Crippen molar-refractivity contribution in [2.75, 3.05) is 16.8 Å². The molecular formula is C22H22N2O5. The first-order valence-corrected chi connectivity index (χ1v) is 9.39. The SMILES string of the molecule is CC(=O)Nc1ccc(C(=O)[C@H](C)OC(=O)c2ccccc2N2CCCC2=O)cc1. The minimum atomic E-state index is -1.00. The van der Waals surface area contributed by atoms with Crippen LogP contribution in [0, 0.1) is 0 Å². The number of benzene rings is 2. The molecule has 0 aliphatic carbocycles. The fraction of sp³-hybridized carbons (Fsp3) is 0.273. The molecule has 1 aliphatic heterocycles. The Morgan fingerprint density at radius 2 is 1.76 bits per heavy atom. The van der Waals surface area contributed by atoms with Crippen LogP contribution in [0.4, 0.5) is 11.4 Å². The van der Waals surface area contributed by atoms with Gasteiger partial charge in [-0.3, -0.25) is 14.4 Å². The lowest BCUT2D eigenvalue weighted by atomic mass is 10.1. The number of ketones is 1. The van der Waals surface area contributed by atoms with Crippen molar-refractivity contribution in [1.82, 2.24) is 0 Å². The fourth-order valence-electron chi connectivity index (χ4n) is 3.22. The number of rotatable bonds is 6. The Morgan fingerprint density at radius 3 is 2.38 bits per heavy atom. The number of carbonyl (C=O) groups is 4. The average molecular weight is 394 g/mol. The van der Waals surface area contributed by atoms with Crippen molar-refractivity contribution >= 4 is 34.9 Å². The summed E-state index contributed by atoms with van der Waals surface area (Å²) in [5.41, 5.74) is 1.69. The first kappa shape index (κ1) is 20.3. The van der Waals surface area contributed by atoms with Gasteiger partial charge in [-0.15, -0.1) is 0 Å². The van der Waals surface area contributed by atoms with Gasteiger partial charge >= 0.3 is 5.97 Å². The van der Waals surface area contributed by atoms with Crippen LogP contribution in [0.2, 0.25) is 0 Å².